The molecule has 1 aliphatic carbocycles. The highest BCUT2D eigenvalue weighted by molar-refractivity contribution is 7.89. The van der Waals surface area contributed by atoms with Crippen molar-refractivity contribution in [1.82, 2.24) is 4.72 Å². The van der Waals surface area contributed by atoms with Crippen molar-refractivity contribution in [1.29, 1.82) is 5.26 Å². The first kappa shape index (κ1) is 15.3. The molecule has 5 nitrogen and oxygen atoms in total. The van der Waals surface area contributed by atoms with Gasteiger partial charge in [0.2, 0.25) is 10.0 Å². The molecule has 0 amide bonds. The van der Waals surface area contributed by atoms with Gasteiger partial charge < -0.3 is 5.11 Å². The summed E-state index contributed by atoms with van der Waals surface area (Å²) in [5, 5.41) is 19.1. The quantitative estimate of drug-likeness (QED) is 0.890. The summed E-state index contributed by atoms with van der Waals surface area (Å²) in [5.41, 5.74) is 0.0344. The van der Waals surface area contributed by atoms with Crippen molar-refractivity contribution in [3.05, 3.63) is 28.8 Å². The Morgan fingerprint density at radius 3 is 2.70 bits per heavy atom. The van der Waals surface area contributed by atoms with E-state index >= 15 is 0 Å². The lowest BCUT2D eigenvalue weighted by molar-refractivity contribution is 0.101. The van der Waals surface area contributed by atoms with Crippen LogP contribution in [-0.4, -0.2) is 25.7 Å². The van der Waals surface area contributed by atoms with Crippen molar-refractivity contribution < 1.29 is 13.5 Å². The Kier molecular flexibility index (Phi) is 4.66. The van der Waals surface area contributed by atoms with Gasteiger partial charge in [0.1, 0.15) is 11.0 Å². The normalized spacial score (nSPS) is 23.2. The number of halogens is 1. The van der Waals surface area contributed by atoms with E-state index in [-0.39, 0.29) is 15.5 Å². The van der Waals surface area contributed by atoms with E-state index in [1.807, 2.05) is 6.07 Å². The van der Waals surface area contributed by atoms with Crippen molar-refractivity contribution in [2.45, 2.75) is 42.7 Å². The van der Waals surface area contributed by atoms with E-state index in [1.165, 1.54) is 18.2 Å². The fourth-order valence-corrected chi connectivity index (χ4v) is 4.04. The number of nitrogens with one attached hydrogen (secondary N) is 1. The van der Waals surface area contributed by atoms with Crippen LogP contribution in [0.15, 0.2) is 23.1 Å². The SMILES string of the molecule is N#Cc1ccc(Cl)cc1S(=O)(=O)NC1CCCCC1O. The number of hydrogen-bond acceptors (Lipinski definition) is 4. The van der Waals surface area contributed by atoms with Crippen molar-refractivity contribution in [2.75, 3.05) is 0 Å². The third kappa shape index (κ3) is 3.30. The van der Waals surface area contributed by atoms with Gasteiger partial charge >= 0.3 is 0 Å². The minimum absolute atomic E-state index is 0.0344. The number of sulfonamides is 1. The molecule has 1 aliphatic rings. The van der Waals surface area contributed by atoms with Gasteiger partial charge in [0.15, 0.2) is 0 Å². The zero-order chi connectivity index (χ0) is 14.8. The Hall–Kier alpha value is -1.13. The summed E-state index contributed by atoms with van der Waals surface area (Å²) in [6, 6.07) is 5.41. The van der Waals surface area contributed by atoms with Crippen molar-refractivity contribution in [3.63, 3.8) is 0 Å². The highest BCUT2D eigenvalue weighted by Gasteiger charge is 2.29. The minimum Gasteiger partial charge on any atom is -0.391 e. The zero-order valence-corrected chi connectivity index (χ0v) is 12.3. The van der Waals surface area contributed by atoms with Crippen LogP contribution in [0.2, 0.25) is 5.02 Å². The van der Waals surface area contributed by atoms with Crippen LogP contribution in [0, 0.1) is 11.3 Å². The van der Waals surface area contributed by atoms with Gasteiger partial charge in [-0.1, -0.05) is 24.4 Å². The molecule has 0 heterocycles. The molecule has 0 saturated heterocycles. The number of aliphatic hydroxyl groups is 1. The Morgan fingerprint density at radius 1 is 1.35 bits per heavy atom. The molecule has 0 aliphatic heterocycles. The fourth-order valence-electron chi connectivity index (χ4n) is 2.32. The summed E-state index contributed by atoms with van der Waals surface area (Å²) in [4.78, 5) is -0.148. The lowest BCUT2D eigenvalue weighted by atomic mass is 9.93. The number of nitrogens with zero attached hydrogens (tertiary/aromatic N) is 1. The Morgan fingerprint density at radius 2 is 2.05 bits per heavy atom. The first-order valence-electron chi connectivity index (χ1n) is 6.34. The predicted octanol–water partition coefficient (Wildman–Crippen LogP) is 1.79. The van der Waals surface area contributed by atoms with Gasteiger partial charge in [0, 0.05) is 11.1 Å². The summed E-state index contributed by atoms with van der Waals surface area (Å²) >= 11 is 5.80. The second-order valence-electron chi connectivity index (χ2n) is 4.83. The highest BCUT2D eigenvalue weighted by Crippen LogP contribution is 2.24. The third-order valence-corrected chi connectivity index (χ3v) is 5.15. The van der Waals surface area contributed by atoms with E-state index in [9.17, 15) is 13.5 Å². The van der Waals surface area contributed by atoms with Crippen LogP contribution in [0.25, 0.3) is 0 Å². The van der Waals surface area contributed by atoms with E-state index in [1.54, 1.807) is 0 Å². The molecule has 1 aromatic carbocycles. The molecule has 2 rings (SSSR count). The summed E-state index contributed by atoms with van der Waals surface area (Å²) in [7, 11) is -3.88. The van der Waals surface area contributed by atoms with Crippen molar-refractivity contribution >= 4 is 21.6 Å². The van der Waals surface area contributed by atoms with E-state index in [0.29, 0.717) is 12.8 Å². The molecular formula is C13H15ClN2O3S. The average Bonchev–Trinajstić information content (AvgIpc) is 2.41. The smallest absolute Gasteiger partial charge is 0.242 e. The second kappa shape index (κ2) is 6.10. The number of hydrogen-bond donors (Lipinski definition) is 2. The maximum atomic E-state index is 12.3. The second-order valence-corrected chi connectivity index (χ2v) is 6.95. The van der Waals surface area contributed by atoms with Crippen LogP contribution < -0.4 is 4.72 Å². The Bertz CT molecular complexity index is 640. The van der Waals surface area contributed by atoms with Crippen molar-refractivity contribution in [3.8, 4) is 6.07 Å². The van der Waals surface area contributed by atoms with Crippen LogP contribution in [0.1, 0.15) is 31.2 Å². The summed E-state index contributed by atoms with van der Waals surface area (Å²) in [6.07, 6.45) is 2.23. The van der Waals surface area contributed by atoms with Gasteiger partial charge in [0.05, 0.1) is 11.7 Å². The summed E-state index contributed by atoms with van der Waals surface area (Å²) in [5.74, 6) is 0. The molecule has 2 N–H and O–H groups in total. The number of benzene rings is 1. The van der Waals surface area contributed by atoms with Gasteiger partial charge in [0.25, 0.3) is 0 Å². The zero-order valence-electron chi connectivity index (χ0n) is 10.7. The van der Waals surface area contributed by atoms with Gasteiger partial charge in [-0.25, -0.2) is 13.1 Å². The molecule has 1 saturated carbocycles. The first-order valence-corrected chi connectivity index (χ1v) is 8.20. The number of rotatable bonds is 3. The lowest BCUT2D eigenvalue weighted by Crippen LogP contribution is -2.45. The largest absolute Gasteiger partial charge is 0.391 e. The molecule has 2 unspecified atom stereocenters. The molecule has 20 heavy (non-hydrogen) atoms. The van der Waals surface area contributed by atoms with E-state index in [4.69, 9.17) is 16.9 Å². The lowest BCUT2D eigenvalue weighted by Gasteiger charge is -2.28. The molecule has 7 heteroatoms. The summed E-state index contributed by atoms with van der Waals surface area (Å²) < 4.78 is 27.2. The molecule has 2 atom stereocenters. The highest BCUT2D eigenvalue weighted by atomic mass is 35.5. The molecule has 0 radical (unpaired) electrons. The monoisotopic (exact) mass is 314 g/mol. The number of aliphatic hydroxyl groups excluding tert-OH is 1. The van der Waals surface area contributed by atoms with Gasteiger partial charge in [-0.05, 0) is 31.0 Å². The predicted molar refractivity (Wildman–Crippen MR) is 74.8 cm³/mol. The van der Waals surface area contributed by atoms with Crippen LogP contribution in [0.5, 0.6) is 0 Å². The average molecular weight is 315 g/mol. The van der Waals surface area contributed by atoms with Crippen molar-refractivity contribution in [2.24, 2.45) is 0 Å². The third-order valence-electron chi connectivity index (χ3n) is 3.39. The fraction of sp³-hybridized carbons (Fsp3) is 0.462. The van der Waals surface area contributed by atoms with E-state index in [2.05, 4.69) is 4.72 Å². The summed E-state index contributed by atoms with van der Waals surface area (Å²) in [6.45, 7) is 0. The van der Waals surface area contributed by atoms with Gasteiger partial charge in [-0.15, -0.1) is 0 Å². The van der Waals surface area contributed by atoms with Crippen LogP contribution in [0.4, 0.5) is 0 Å². The molecule has 0 aromatic heterocycles. The minimum atomic E-state index is -3.88. The Balaban J connectivity index is 2.31. The van der Waals surface area contributed by atoms with E-state index in [0.717, 1.165) is 12.8 Å². The Labute approximate surface area is 123 Å². The molecule has 1 aromatic rings. The van der Waals surface area contributed by atoms with Gasteiger partial charge in [-0.2, -0.15) is 5.26 Å². The van der Waals surface area contributed by atoms with E-state index < -0.39 is 22.2 Å². The standard InChI is InChI=1S/C13H15ClN2O3S/c14-10-6-5-9(8-15)13(7-10)20(18,19)16-11-3-1-2-4-12(11)17/h5-7,11-12,16-17H,1-4H2. The molecule has 0 bridgehead atoms. The van der Waals surface area contributed by atoms with Gasteiger partial charge in [-0.3, -0.25) is 0 Å². The molecule has 1 fully saturated rings. The number of nitriles is 1. The topological polar surface area (TPSA) is 90.2 Å². The molecular weight excluding hydrogens is 300 g/mol. The maximum Gasteiger partial charge on any atom is 0.242 e. The van der Waals surface area contributed by atoms with Crippen LogP contribution >= 0.6 is 11.6 Å². The van der Waals surface area contributed by atoms with Crippen LogP contribution in [0.3, 0.4) is 0 Å². The van der Waals surface area contributed by atoms with Crippen LogP contribution in [-0.2, 0) is 10.0 Å². The molecule has 0 spiro atoms. The molecule has 108 valence electrons. The first-order chi connectivity index (χ1) is 9.44. The maximum absolute atomic E-state index is 12.3.